The first kappa shape index (κ1) is 10.1. The fraction of sp³-hybridized carbons (Fsp3) is 0.818. The van der Waals surface area contributed by atoms with E-state index < -0.39 is 11.0 Å². The molecular weight excluding hydrogens is 210 g/mol. The summed E-state index contributed by atoms with van der Waals surface area (Å²) in [5.74, 6) is -0.345. The number of ether oxygens (including phenoxy) is 2. The lowest BCUT2D eigenvalue weighted by atomic mass is 9.89. The Morgan fingerprint density at radius 3 is 2.38 bits per heavy atom. The van der Waals surface area contributed by atoms with Crippen LogP contribution in [0, 0.1) is 23.2 Å². The second kappa shape index (κ2) is 2.59. The van der Waals surface area contributed by atoms with Crippen molar-refractivity contribution in [2.45, 2.75) is 18.4 Å². The zero-order valence-corrected chi connectivity index (χ0v) is 9.36. The van der Waals surface area contributed by atoms with Gasteiger partial charge < -0.3 is 15.2 Å². The van der Waals surface area contributed by atoms with Gasteiger partial charge in [0.05, 0.1) is 19.6 Å². The van der Waals surface area contributed by atoms with E-state index in [1.807, 2.05) is 0 Å². The minimum absolute atomic E-state index is 0.0649. The lowest BCUT2D eigenvalue weighted by Crippen LogP contribution is -2.52. The molecule has 0 aromatic rings. The number of hydrogen-bond acceptors (Lipinski definition) is 5. The SMILES string of the molecule is COC(=O)[C@]1(N)[C@@H]2C[C@@H]3[C@@H]1[C@@]3(C(=O)OC)C2. The van der Waals surface area contributed by atoms with Crippen LogP contribution in [0.25, 0.3) is 0 Å². The third-order valence-corrected chi connectivity index (χ3v) is 4.93. The van der Waals surface area contributed by atoms with Crippen molar-refractivity contribution in [2.24, 2.45) is 28.9 Å². The van der Waals surface area contributed by atoms with E-state index >= 15 is 0 Å². The monoisotopic (exact) mass is 225 g/mol. The zero-order valence-electron chi connectivity index (χ0n) is 9.36. The van der Waals surface area contributed by atoms with Crippen molar-refractivity contribution in [1.82, 2.24) is 0 Å². The molecule has 16 heavy (non-hydrogen) atoms. The second-order valence-electron chi connectivity index (χ2n) is 5.18. The Kier molecular flexibility index (Phi) is 1.63. The average Bonchev–Trinajstić information content (AvgIpc) is 2.62. The third-order valence-electron chi connectivity index (χ3n) is 4.93. The maximum atomic E-state index is 11.8. The minimum atomic E-state index is -0.951. The lowest BCUT2D eigenvalue weighted by molar-refractivity contribution is -0.149. The minimum Gasteiger partial charge on any atom is -0.469 e. The van der Waals surface area contributed by atoms with Crippen LogP contribution in [0.15, 0.2) is 0 Å². The van der Waals surface area contributed by atoms with E-state index in [0.717, 1.165) is 6.42 Å². The summed E-state index contributed by atoms with van der Waals surface area (Å²) in [5.41, 5.74) is 4.76. The van der Waals surface area contributed by atoms with Crippen molar-refractivity contribution in [1.29, 1.82) is 0 Å². The molecule has 5 nitrogen and oxygen atoms in total. The molecule has 4 fully saturated rings. The number of nitrogens with two attached hydrogens (primary N) is 1. The highest BCUT2D eigenvalue weighted by Gasteiger charge is 2.89. The first-order valence-electron chi connectivity index (χ1n) is 5.49. The Morgan fingerprint density at radius 2 is 1.88 bits per heavy atom. The van der Waals surface area contributed by atoms with Crippen LogP contribution in [0.2, 0.25) is 0 Å². The van der Waals surface area contributed by atoms with Gasteiger partial charge in [-0.3, -0.25) is 9.59 Å². The van der Waals surface area contributed by atoms with Gasteiger partial charge in [0.15, 0.2) is 0 Å². The molecule has 4 saturated carbocycles. The van der Waals surface area contributed by atoms with Crippen LogP contribution >= 0.6 is 0 Å². The number of hydrogen-bond donors (Lipinski definition) is 1. The number of methoxy groups -OCH3 is 2. The third kappa shape index (κ3) is 0.734. The normalized spacial score (nSPS) is 51.3. The molecule has 4 aliphatic carbocycles. The fourth-order valence-corrected chi connectivity index (χ4v) is 4.34. The number of rotatable bonds is 2. The molecular formula is C11H15NO4. The van der Waals surface area contributed by atoms with Gasteiger partial charge >= 0.3 is 11.9 Å². The highest BCUT2D eigenvalue weighted by molar-refractivity contribution is 5.92. The number of esters is 2. The molecule has 4 aliphatic rings. The van der Waals surface area contributed by atoms with Gasteiger partial charge in [-0.25, -0.2) is 0 Å². The maximum Gasteiger partial charge on any atom is 0.326 e. The van der Waals surface area contributed by atoms with Crippen LogP contribution in [-0.2, 0) is 19.1 Å². The fourth-order valence-electron chi connectivity index (χ4n) is 4.34. The van der Waals surface area contributed by atoms with Gasteiger partial charge in [0.25, 0.3) is 0 Å². The highest BCUT2D eigenvalue weighted by atomic mass is 16.5. The predicted molar refractivity (Wildman–Crippen MR) is 53.1 cm³/mol. The molecule has 88 valence electrons. The van der Waals surface area contributed by atoms with Crippen molar-refractivity contribution < 1.29 is 19.1 Å². The van der Waals surface area contributed by atoms with Gasteiger partial charge in [-0.15, -0.1) is 0 Å². The van der Waals surface area contributed by atoms with Gasteiger partial charge in [0, 0.05) is 5.92 Å². The largest absolute Gasteiger partial charge is 0.469 e. The van der Waals surface area contributed by atoms with Crippen LogP contribution in [0.4, 0.5) is 0 Å². The van der Waals surface area contributed by atoms with Crippen molar-refractivity contribution in [2.75, 3.05) is 14.2 Å². The Bertz CT molecular complexity index is 395. The number of carbonyl (C=O) groups is 2. The quantitative estimate of drug-likeness (QED) is 0.652. The van der Waals surface area contributed by atoms with Crippen LogP contribution < -0.4 is 5.73 Å². The zero-order chi connectivity index (χ0) is 11.7. The van der Waals surface area contributed by atoms with Gasteiger partial charge in [-0.2, -0.15) is 0 Å². The van der Waals surface area contributed by atoms with E-state index in [1.54, 1.807) is 0 Å². The Balaban J connectivity index is 1.96. The molecule has 0 heterocycles. The molecule has 4 bridgehead atoms. The van der Waals surface area contributed by atoms with E-state index in [-0.39, 0.29) is 29.7 Å². The Labute approximate surface area is 93.3 Å². The Hall–Kier alpha value is -1.10. The molecule has 4 rings (SSSR count). The first-order valence-corrected chi connectivity index (χ1v) is 5.49. The summed E-state index contributed by atoms with van der Waals surface area (Å²) in [6.07, 6.45) is 1.53. The van der Waals surface area contributed by atoms with E-state index in [1.165, 1.54) is 14.2 Å². The molecule has 0 aromatic heterocycles. The van der Waals surface area contributed by atoms with Crippen molar-refractivity contribution >= 4 is 11.9 Å². The standard InChI is InChI=1S/C11H15NO4/c1-15-8(13)10-4-5-3-6(10)7(10)11(5,12)9(14)16-2/h5-7H,3-4,12H2,1-2H3/t5-,6-,7-,10-,11+/m1/s1. The van der Waals surface area contributed by atoms with Gasteiger partial charge in [-0.05, 0) is 24.7 Å². The molecule has 0 spiro atoms. The lowest BCUT2D eigenvalue weighted by Gasteiger charge is -2.24. The molecule has 0 amide bonds. The van der Waals surface area contributed by atoms with E-state index in [0.29, 0.717) is 6.42 Å². The first-order chi connectivity index (χ1) is 7.53. The summed E-state index contributed by atoms with van der Waals surface area (Å²) < 4.78 is 9.61. The Morgan fingerprint density at radius 1 is 1.25 bits per heavy atom. The van der Waals surface area contributed by atoms with Crippen LogP contribution in [0.1, 0.15) is 12.8 Å². The van der Waals surface area contributed by atoms with Gasteiger partial charge in [0.1, 0.15) is 5.54 Å². The molecule has 0 unspecified atom stereocenters. The van der Waals surface area contributed by atoms with Crippen LogP contribution in [-0.4, -0.2) is 31.7 Å². The maximum absolute atomic E-state index is 11.8. The summed E-state index contributed by atoms with van der Waals surface area (Å²) in [7, 11) is 2.73. The van der Waals surface area contributed by atoms with Crippen molar-refractivity contribution in [3.8, 4) is 0 Å². The van der Waals surface area contributed by atoms with Crippen LogP contribution in [0.3, 0.4) is 0 Å². The molecule has 0 saturated heterocycles. The average molecular weight is 225 g/mol. The van der Waals surface area contributed by atoms with Gasteiger partial charge in [0.2, 0.25) is 0 Å². The molecule has 0 aliphatic heterocycles. The van der Waals surface area contributed by atoms with Crippen molar-refractivity contribution in [3.05, 3.63) is 0 Å². The van der Waals surface area contributed by atoms with E-state index in [4.69, 9.17) is 15.2 Å². The van der Waals surface area contributed by atoms with E-state index in [9.17, 15) is 9.59 Å². The molecule has 2 N–H and O–H groups in total. The molecule has 5 atom stereocenters. The number of carbonyl (C=O) groups excluding carboxylic acids is 2. The summed E-state index contributed by atoms with van der Waals surface area (Å²) in [6, 6.07) is 0. The topological polar surface area (TPSA) is 78.6 Å². The summed E-state index contributed by atoms with van der Waals surface area (Å²) >= 11 is 0. The molecule has 0 radical (unpaired) electrons. The van der Waals surface area contributed by atoms with E-state index in [2.05, 4.69) is 0 Å². The van der Waals surface area contributed by atoms with Crippen LogP contribution in [0.5, 0.6) is 0 Å². The summed E-state index contributed by atoms with van der Waals surface area (Å²) in [4.78, 5) is 23.5. The molecule has 0 aromatic carbocycles. The second-order valence-corrected chi connectivity index (χ2v) is 5.18. The summed E-state index contributed by atoms with van der Waals surface area (Å²) in [5, 5.41) is 0. The molecule has 5 heteroatoms. The van der Waals surface area contributed by atoms with Gasteiger partial charge in [-0.1, -0.05) is 0 Å². The van der Waals surface area contributed by atoms with Crippen molar-refractivity contribution in [3.63, 3.8) is 0 Å². The smallest absolute Gasteiger partial charge is 0.326 e. The summed E-state index contributed by atoms with van der Waals surface area (Å²) in [6.45, 7) is 0. The predicted octanol–water partition coefficient (Wildman–Crippen LogP) is -0.314. The highest BCUT2D eigenvalue weighted by Crippen LogP contribution is 2.82.